The molecule has 0 atom stereocenters. The van der Waals surface area contributed by atoms with E-state index < -0.39 is 6.09 Å². The molecule has 0 radical (unpaired) electrons. The van der Waals surface area contributed by atoms with Gasteiger partial charge in [0.15, 0.2) is 5.78 Å². The first kappa shape index (κ1) is 23.8. The quantitative estimate of drug-likeness (QED) is 0.391. The van der Waals surface area contributed by atoms with Crippen molar-refractivity contribution < 1.29 is 24.2 Å². The van der Waals surface area contributed by atoms with E-state index in [2.05, 4.69) is 0 Å². The van der Waals surface area contributed by atoms with Crippen molar-refractivity contribution in [1.29, 1.82) is 0 Å². The van der Waals surface area contributed by atoms with E-state index in [1.54, 1.807) is 7.11 Å². The molecule has 0 unspecified atom stereocenters. The smallest absolute Gasteiger partial charge is 0.407 e. The maximum atomic E-state index is 12.8. The van der Waals surface area contributed by atoms with Gasteiger partial charge in [0.05, 0.1) is 19.2 Å². The van der Waals surface area contributed by atoms with E-state index in [4.69, 9.17) is 4.74 Å². The fraction of sp³-hybridized carbons (Fsp3) is 0.444. The Hall–Kier alpha value is -3.35. The molecule has 0 saturated heterocycles. The number of rotatable bonds is 11. The first-order valence-corrected chi connectivity index (χ1v) is 12.1. The molecule has 2 aliphatic heterocycles. The molecule has 1 N–H and O–H groups in total. The number of hydrogen-bond acceptors (Lipinski definition) is 4. The molecule has 180 valence electrons. The standard InChI is InChI=1S/C27H32N2O5/c1-34-24-12-3-2-8-19(24)9-6-14-28(27(32)33)13-5-4-11-23(30)21-16-20-10-7-15-29-25(31)18-22(17-21)26(20)29/h2-3,8,12,16-17H,4-7,9-11,13-15,18H2,1H3,(H,32,33). The number of nitrogens with zero attached hydrogens (tertiary/aromatic N) is 2. The number of carbonyl (C=O) groups is 3. The van der Waals surface area contributed by atoms with Gasteiger partial charge in [0.25, 0.3) is 0 Å². The maximum absolute atomic E-state index is 12.8. The number of aryl methyl sites for hydroxylation is 2. The lowest BCUT2D eigenvalue weighted by molar-refractivity contribution is -0.117. The van der Waals surface area contributed by atoms with Crippen molar-refractivity contribution in [1.82, 2.24) is 4.90 Å². The maximum Gasteiger partial charge on any atom is 0.407 e. The van der Waals surface area contributed by atoms with Gasteiger partial charge in [-0.1, -0.05) is 18.2 Å². The number of hydrogen-bond donors (Lipinski definition) is 1. The zero-order valence-corrected chi connectivity index (χ0v) is 19.7. The van der Waals surface area contributed by atoms with Gasteiger partial charge in [0.2, 0.25) is 5.91 Å². The van der Waals surface area contributed by atoms with Gasteiger partial charge in [-0.25, -0.2) is 4.79 Å². The summed E-state index contributed by atoms with van der Waals surface area (Å²) in [5.74, 6) is 1.01. The van der Waals surface area contributed by atoms with E-state index in [0.29, 0.717) is 50.8 Å². The van der Waals surface area contributed by atoms with Gasteiger partial charge in [-0.05, 0) is 73.4 Å². The lowest BCUT2D eigenvalue weighted by Gasteiger charge is -2.25. The Kier molecular flexibility index (Phi) is 7.50. The summed E-state index contributed by atoms with van der Waals surface area (Å²) in [5, 5.41) is 9.56. The lowest BCUT2D eigenvalue weighted by atomic mass is 9.94. The van der Waals surface area contributed by atoms with E-state index in [0.717, 1.165) is 53.9 Å². The average Bonchev–Trinajstić information content (AvgIpc) is 3.17. The van der Waals surface area contributed by atoms with Crippen molar-refractivity contribution in [2.45, 2.75) is 51.4 Å². The van der Waals surface area contributed by atoms with Crippen LogP contribution in [0.15, 0.2) is 36.4 Å². The van der Waals surface area contributed by atoms with Crippen LogP contribution in [0.2, 0.25) is 0 Å². The summed E-state index contributed by atoms with van der Waals surface area (Å²) >= 11 is 0. The van der Waals surface area contributed by atoms with E-state index in [1.807, 2.05) is 41.3 Å². The summed E-state index contributed by atoms with van der Waals surface area (Å²) < 4.78 is 5.36. The van der Waals surface area contributed by atoms with Crippen molar-refractivity contribution in [2.24, 2.45) is 0 Å². The molecule has 7 heteroatoms. The fourth-order valence-corrected chi connectivity index (χ4v) is 5.05. The number of ether oxygens (including phenoxy) is 1. The topological polar surface area (TPSA) is 87.2 Å². The van der Waals surface area contributed by atoms with Gasteiger partial charge >= 0.3 is 6.09 Å². The van der Waals surface area contributed by atoms with Crippen LogP contribution in [0.1, 0.15) is 59.2 Å². The highest BCUT2D eigenvalue weighted by atomic mass is 16.5. The first-order valence-electron chi connectivity index (χ1n) is 12.1. The summed E-state index contributed by atoms with van der Waals surface area (Å²) in [4.78, 5) is 40.0. The SMILES string of the molecule is COc1ccccc1CCCN(CCCCC(=O)c1cc2c3c(c1)CC(=O)N3CCC2)C(=O)O. The second-order valence-electron chi connectivity index (χ2n) is 9.03. The van der Waals surface area contributed by atoms with Crippen LogP contribution in [0, 0.1) is 0 Å². The molecular weight excluding hydrogens is 432 g/mol. The van der Waals surface area contributed by atoms with Crippen LogP contribution in [0.25, 0.3) is 0 Å². The zero-order chi connectivity index (χ0) is 24.1. The summed E-state index contributed by atoms with van der Waals surface area (Å²) in [7, 11) is 1.64. The molecule has 0 bridgehead atoms. The number of amides is 2. The molecular formula is C27H32N2O5. The Bertz CT molecular complexity index is 1080. The summed E-state index contributed by atoms with van der Waals surface area (Å²) in [6, 6.07) is 11.6. The Morgan fingerprint density at radius 3 is 2.65 bits per heavy atom. The van der Waals surface area contributed by atoms with Crippen molar-refractivity contribution in [2.75, 3.05) is 31.6 Å². The third kappa shape index (κ3) is 5.24. The molecule has 2 heterocycles. The molecule has 0 aromatic heterocycles. The van der Waals surface area contributed by atoms with E-state index in [9.17, 15) is 19.5 Å². The van der Waals surface area contributed by atoms with Crippen LogP contribution in [0.5, 0.6) is 5.75 Å². The second-order valence-corrected chi connectivity index (χ2v) is 9.03. The van der Waals surface area contributed by atoms with Crippen LogP contribution in [-0.4, -0.2) is 54.5 Å². The number of unbranched alkanes of at least 4 members (excludes halogenated alkanes) is 1. The van der Waals surface area contributed by atoms with Crippen LogP contribution in [0.3, 0.4) is 0 Å². The van der Waals surface area contributed by atoms with E-state index in [1.165, 1.54) is 4.90 Å². The molecule has 0 spiro atoms. The fourth-order valence-electron chi connectivity index (χ4n) is 5.05. The lowest BCUT2D eigenvalue weighted by Crippen LogP contribution is -2.31. The van der Waals surface area contributed by atoms with Gasteiger partial charge in [-0.3, -0.25) is 9.59 Å². The predicted octanol–water partition coefficient (Wildman–Crippen LogP) is 4.50. The molecule has 0 fully saturated rings. The molecule has 0 aliphatic carbocycles. The largest absolute Gasteiger partial charge is 0.496 e. The average molecular weight is 465 g/mol. The highest BCUT2D eigenvalue weighted by Crippen LogP contribution is 2.37. The van der Waals surface area contributed by atoms with Gasteiger partial charge in [-0.15, -0.1) is 0 Å². The number of benzene rings is 2. The van der Waals surface area contributed by atoms with E-state index >= 15 is 0 Å². The highest BCUT2D eigenvalue weighted by Gasteiger charge is 2.32. The number of methoxy groups -OCH3 is 1. The minimum atomic E-state index is -0.932. The Balaban J connectivity index is 1.25. The van der Waals surface area contributed by atoms with Crippen LogP contribution in [0.4, 0.5) is 10.5 Å². The predicted molar refractivity (Wildman–Crippen MR) is 130 cm³/mol. The molecule has 2 aliphatic rings. The molecule has 4 rings (SSSR count). The molecule has 7 nitrogen and oxygen atoms in total. The minimum absolute atomic E-state index is 0.0635. The van der Waals surface area contributed by atoms with Gasteiger partial charge in [0.1, 0.15) is 5.75 Å². The highest BCUT2D eigenvalue weighted by molar-refractivity contribution is 6.05. The number of ketones is 1. The molecule has 2 aromatic carbocycles. The third-order valence-corrected chi connectivity index (χ3v) is 6.75. The van der Waals surface area contributed by atoms with Crippen molar-refractivity contribution in [3.63, 3.8) is 0 Å². The van der Waals surface area contributed by atoms with Crippen LogP contribution in [-0.2, 0) is 24.1 Å². The minimum Gasteiger partial charge on any atom is -0.496 e. The number of Topliss-reactive ketones (excluding diaryl/α,β-unsaturated/α-hetero) is 1. The first-order chi connectivity index (χ1) is 16.5. The summed E-state index contributed by atoms with van der Waals surface area (Å²) in [5.41, 5.74) is 4.84. The Morgan fingerprint density at radius 1 is 1.09 bits per heavy atom. The van der Waals surface area contributed by atoms with Crippen molar-refractivity contribution in [3.05, 3.63) is 58.7 Å². The summed E-state index contributed by atoms with van der Waals surface area (Å²) in [6.07, 6.45) is 4.37. The van der Waals surface area contributed by atoms with E-state index in [-0.39, 0.29) is 11.7 Å². The normalized spacial score (nSPS) is 14.1. The van der Waals surface area contributed by atoms with Crippen molar-refractivity contribution in [3.8, 4) is 5.75 Å². The summed E-state index contributed by atoms with van der Waals surface area (Å²) in [6.45, 7) is 1.62. The number of carbonyl (C=O) groups excluding carboxylic acids is 2. The number of para-hydroxylation sites is 1. The zero-order valence-electron chi connectivity index (χ0n) is 19.7. The molecule has 0 saturated carbocycles. The van der Waals surface area contributed by atoms with Gasteiger partial charge in [0, 0.05) is 31.6 Å². The van der Waals surface area contributed by atoms with Crippen molar-refractivity contribution >= 4 is 23.5 Å². The molecule has 2 amide bonds. The number of carboxylic acid groups (broad SMARTS) is 1. The Morgan fingerprint density at radius 2 is 1.85 bits per heavy atom. The van der Waals surface area contributed by atoms with Gasteiger partial charge in [-0.2, -0.15) is 0 Å². The third-order valence-electron chi connectivity index (χ3n) is 6.75. The number of anilines is 1. The van der Waals surface area contributed by atoms with Gasteiger partial charge < -0.3 is 19.6 Å². The molecule has 34 heavy (non-hydrogen) atoms. The monoisotopic (exact) mass is 464 g/mol. The second kappa shape index (κ2) is 10.7. The van der Waals surface area contributed by atoms with Crippen LogP contribution >= 0.6 is 0 Å². The molecule has 2 aromatic rings. The Labute approximate surface area is 200 Å². The van der Waals surface area contributed by atoms with Crippen LogP contribution < -0.4 is 9.64 Å².